The van der Waals surface area contributed by atoms with E-state index < -0.39 is 10.0 Å². The molecule has 8 heteroatoms. The highest BCUT2D eigenvalue weighted by atomic mass is 32.2. The van der Waals surface area contributed by atoms with Gasteiger partial charge in [-0.15, -0.1) is 0 Å². The number of sulfonamides is 1. The molecule has 1 N–H and O–H groups in total. The number of piperidine rings is 1. The smallest absolute Gasteiger partial charge is 0.240 e. The van der Waals surface area contributed by atoms with Crippen molar-refractivity contribution in [3.8, 4) is 11.5 Å². The maximum atomic E-state index is 12.4. The Morgan fingerprint density at radius 2 is 1.96 bits per heavy atom. The number of ether oxygens (including phenoxy) is 2. The molecule has 23 heavy (non-hydrogen) atoms. The molecule has 1 aromatic carbocycles. The third-order valence-corrected chi connectivity index (χ3v) is 5.70. The molecular formula is C15H20N2O5S. The lowest BCUT2D eigenvalue weighted by atomic mass is 9.97. The van der Waals surface area contributed by atoms with E-state index in [1.54, 1.807) is 17.9 Å². The SMILES string of the molecule is CC(=O)N1CCC(CNS(=O)(=O)c2ccc3c(c2)OCO3)CC1. The predicted octanol–water partition coefficient (Wildman–Crippen LogP) is 0.952. The topological polar surface area (TPSA) is 84.9 Å². The fourth-order valence-electron chi connectivity index (χ4n) is 2.81. The minimum Gasteiger partial charge on any atom is -0.454 e. The number of likely N-dealkylation sites (tertiary alicyclic amines) is 1. The molecule has 1 fully saturated rings. The molecule has 2 aliphatic heterocycles. The van der Waals surface area contributed by atoms with Crippen molar-refractivity contribution in [1.29, 1.82) is 0 Å². The molecule has 1 saturated heterocycles. The van der Waals surface area contributed by atoms with Gasteiger partial charge >= 0.3 is 0 Å². The van der Waals surface area contributed by atoms with Gasteiger partial charge in [0.15, 0.2) is 11.5 Å². The summed E-state index contributed by atoms with van der Waals surface area (Å²) in [6, 6.07) is 4.58. The van der Waals surface area contributed by atoms with Crippen LogP contribution in [0.4, 0.5) is 0 Å². The molecule has 0 aromatic heterocycles. The van der Waals surface area contributed by atoms with E-state index >= 15 is 0 Å². The molecule has 0 bridgehead atoms. The van der Waals surface area contributed by atoms with Crippen LogP contribution in [0.2, 0.25) is 0 Å². The van der Waals surface area contributed by atoms with Crippen molar-refractivity contribution in [2.75, 3.05) is 26.4 Å². The standard InChI is InChI=1S/C15H20N2O5S/c1-11(18)17-6-4-12(5-7-17)9-16-23(19,20)13-2-3-14-15(8-13)22-10-21-14/h2-3,8,12,16H,4-7,9-10H2,1H3. The summed E-state index contributed by atoms with van der Waals surface area (Å²) in [5.41, 5.74) is 0. The molecule has 2 heterocycles. The summed E-state index contributed by atoms with van der Waals surface area (Å²) >= 11 is 0. The van der Waals surface area contributed by atoms with Crippen molar-refractivity contribution in [2.24, 2.45) is 5.92 Å². The third kappa shape index (κ3) is 3.59. The van der Waals surface area contributed by atoms with E-state index in [-0.39, 0.29) is 23.5 Å². The Labute approximate surface area is 135 Å². The molecule has 0 unspecified atom stereocenters. The fourth-order valence-corrected chi connectivity index (χ4v) is 3.94. The van der Waals surface area contributed by atoms with Gasteiger partial charge in [-0.25, -0.2) is 13.1 Å². The molecule has 0 aliphatic carbocycles. The number of rotatable bonds is 4. The number of carbonyl (C=O) groups is 1. The van der Waals surface area contributed by atoms with E-state index in [1.165, 1.54) is 12.1 Å². The molecule has 126 valence electrons. The second-order valence-electron chi connectivity index (χ2n) is 5.82. The summed E-state index contributed by atoms with van der Waals surface area (Å²) in [5, 5.41) is 0. The first-order valence-corrected chi connectivity index (χ1v) is 9.09. The number of nitrogens with zero attached hydrogens (tertiary/aromatic N) is 1. The normalized spacial score (nSPS) is 18.2. The van der Waals surface area contributed by atoms with E-state index in [9.17, 15) is 13.2 Å². The maximum absolute atomic E-state index is 12.4. The van der Waals surface area contributed by atoms with Gasteiger partial charge in [-0.1, -0.05) is 0 Å². The summed E-state index contributed by atoms with van der Waals surface area (Å²) < 4.78 is 37.8. The third-order valence-electron chi connectivity index (χ3n) is 4.28. The van der Waals surface area contributed by atoms with Crippen molar-refractivity contribution in [3.05, 3.63) is 18.2 Å². The first-order valence-electron chi connectivity index (χ1n) is 7.60. The molecule has 0 saturated carbocycles. The minimum atomic E-state index is -3.58. The molecule has 0 spiro atoms. The Morgan fingerprint density at radius 3 is 2.65 bits per heavy atom. The van der Waals surface area contributed by atoms with Gasteiger partial charge in [-0.2, -0.15) is 0 Å². The Morgan fingerprint density at radius 1 is 1.26 bits per heavy atom. The van der Waals surface area contributed by atoms with Gasteiger partial charge in [0.05, 0.1) is 4.90 Å². The van der Waals surface area contributed by atoms with Crippen LogP contribution in [0, 0.1) is 5.92 Å². The summed E-state index contributed by atoms with van der Waals surface area (Å²) in [5.74, 6) is 1.32. The van der Waals surface area contributed by atoms with Gasteiger partial charge in [0, 0.05) is 32.6 Å². The lowest BCUT2D eigenvalue weighted by molar-refractivity contribution is -0.130. The van der Waals surface area contributed by atoms with Gasteiger partial charge in [-0.3, -0.25) is 4.79 Å². The molecule has 0 atom stereocenters. The Balaban J connectivity index is 1.58. The van der Waals surface area contributed by atoms with Crippen LogP contribution in [0.3, 0.4) is 0 Å². The first-order chi connectivity index (χ1) is 11.0. The maximum Gasteiger partial charge on any atom is 0.240 e. The second-order valence-corrected chi connectivity index (χ2v) is 7.58. The zero-order valence-electron chi connectivity index (χ0n) is 12.9. The van der Waals surface area contributed by atoms with Gasteiger partial charge in [-0.05, 0) is 30.9 Å². The Kier molecular flexibility index (Phi) is 4.45. The molecule has 2 aliphatic rings. The van der Waals surface area contributed by atoms with Gasteiger partial charge in [0.25, 0.3) is 0 Å². The zero-order valence-corrected chi connectivity index (χ0v) is 13.8. The highest BCUT2D eigenvalue weighted by molar-refractivity contribution is 7.89. The fraction of sp³-hybridized carbons (Fsp3) is 0.533. The number of fused-ring (bicyclic) bond motifs is 1. The second kappa shape index (κ2) is 6.37. The van der Waals surface area contributed by atoms with E-state index in [2.05, 4.69) is 4.72 Å². The summed E-state index contributed by atoms with van der Waals surface area (Å²) in [6.45, 7) is 3.42. The van der Waals surface area contributed by atoms with E-state index in [0.29, 0.717) is 31.1 Å². The molecule has 1 aromatic rings. The van der Waals surface area contributed by atoms with Crippen LogP contribution < -0.4 is 14.2 Å². The number of nitrogens with one attached hydrogen (secondary N) is 1. The van der Waals surface area contributed by atoms with E-state index in [4.69, 9.17) is 9.47 Å². The molecule has 0 radical (unpaired) electrons. The highest BCUT2D eigenvalue weighted by Gasteiger charge is 2.24. The largest absolute Gasteiger partial charge is 0.454 e. The van der Waals surface area contributed by atoms with E-state index in [0.717, 1.165) is 12.8 Å². The van der Waals surface area contributed by atoms with Gasteiger partial charge < -0.3 is 14.4 Å². The quantitative estimate of drug-likeness (QED) is 0.882. The Bertz CT molecular complexity index is 696. The zero-order chi connectivity index (χ0) is 16.4. The Hall–Kier alpha value is -1.80. The van der Waals surface area contributed by atoms with Gasteiger partial charge in [0.2, 0.25) is 22.7 Å². The van der Waals surface area contributed by atoms with Crippen LogP contribution in [-0.4, -0.2) is 45.7 Å². The number of carbonyl (C=O) groups excluding carboxylic acids is 1. The minimum absolute atomic E-state index is 0.0735. The van der Waals surface area contributed by atoms with Crippen molar-refractivity contribution < 1.29 is 22.7 Å². The van der Waals surface area contributed by atoms with Crippen molar-refractivity contribution in [3.63, 3.8) is 0 Å². The van der Waals surface area contributed by atoms with E-state index in [1.807, 2.05) is 0 Å². The first kappa shape index (κ1) is 16.1. The summed E-state index contributed by atoms with van der Waals surface area (Å²) in [6.07, 6.45) is 1.62. The van der Waals surface area contributed by atoms with Crippen LogP contribution in [0.15, 0.2) is 23.1 Å². The number of amides is 1. The molecule has 1 amide bonds. The van der Waals surface area contributed by atoms with Crippen LogP contribution >= 0.6 is 0 Å². The predicted molar refractivity (Wildman–Crippen MR) is 82.7 cm³/mol. The monoisotopic (exact) mass is 340 g/mol. The van der Waals surface area contributed by atoms with Crippen molar-refractivity contribution in [1.82, 2.24) is 9.62 Å². The lowest BCUT2D eigenvalue weighted by Crippen LogP contribution is -2.40. The lowest BCUT2D eigenvalue weighted by Gasteiger charge is -2.31. The highest BCUT2D eigenvalue weighted by Crippen LogP contribution is 2.33. The molecule has 3 rings (SSSR count). The molecule has 7 nitrogen and oxygen atoms in total. The number of hydrogen-bond donors (Lipinski definition) is 1. The van der Waals surface area contributed by atoms with Crippen LogP contribution in [0.5, 0.6) is 11.5 Å². The van der Waals surface area contributed by atoms with Crippen molar-refractivity contribution >= 4 is 15.9 Å². The number of benzene rings is 1. The van der Waals surface area contributed by atoms with Crippen LogP contribution in [0.1, 0.15) is 19.8 Å². The van der Waals surface area contributed by atoms with Crippen LogP contribution in [-0.2, 0) is 14.8 Å². The average molecular weight is 340 g/mol. The van der Waals surface area contributed by atoms with Crippen LogP contribution in [0.25, 0.3) is 0 Å². The average Bonchev–Trinajstić information content (AvgIpc) is 3.01. The van der Waals surface area contributed by atoms with Crippen molar-refractivity contribution in [2.45, 2.75) is 24.7 Å². The molecular weight excluding hydrogens is 320 g/mol. The summed E-state index contributed by atoms with van der Waals surface area (Å²) in [7, 11) is -3.58. The van der Waals surface area contributed by atoms with Gasteiger partial charge in [0.1, 0.15) is 0 Å². The number of hydrogen-bond acceptors (Lipinski definition) is 5. The summed E-state index contributed by atoms with van der Waals surface area (Å²) in [4.78, 5) is 13.3.